The molecule has 0 spiro atoms. The van der Waals surface area contributed by atoms with Crippen LogP contribution in [-0.4, -0.2) is 12.6 Å². The first-order chi connectivity index (χ1) is 5.42. The van der Waals surface area contributed by atoms with Crippen LogP contribution in [0.1, 0.15) is 40.0 Å². The largest absolute Gasteiger partial charge is 0.330 e. The van der Waals surface area contributed by atoms with E-state index in [4.69, 9.17) is 11.5 Å². The van der Waals surface area contributed by atoms with Crippen molar-refractivity contribution in [2.24, 2.45) is 22.3 Å². The van der Waals surface area contributed by atoms with Crippen LogP contribution in [0.15, 0.2) is 0 Å². The average Bonchev–Trinajstić information content (AvgIpc) is 2.00. The molecular weight excluding hydrogens is 148 g/mol. The van der Waals surface area contributed by atoms with Crippen LogP contribution in [0.5, 0.6) is 0 Å². The molecular formula is C10H22N2. The zero-order valence-corrected chi connectivity index (χ0v) is 8.56. The highest BCUT2D eigenvalue weighted by molar-refractivity contribution is 4.98. The van der Waals surface area contributed by atoms with Crippen LogP contribution in [0, 0.1) is 10.8 Å². The molecule has 0 radical (unpaired) electrons. The molecule has 12 heavy (non-hydrogen) atoms. The summed E-state index contributed by atoms with van der Waals surface area (Å²) < 4.78 is 0. The van der Waals surface area contributed by atoms with Crippen molar-refractivity contribution in [1.29, 1.82) is 0 Å². The molecule has 1 rings (SSSR count). The first kappa shape index (κ1) is 10.0. The Bertz CT molecular complexity index is 165. The van der Waals surface area contributed by atoms with Crippen molar-refractivity contribution in [2.45, 2.75) is 46.1 Å². The van der Waals surface area contributed by atoms with E-state index < -0.39 is 0 Å². The lowest BCUT2D eigenvalue weighted by atomic mass is 9.61. The zero-order chi connectivity index (χ0) is 9.41. The number of hydrogen-bond donors (Lipinski definition) is 2. The van der Waals surface area contributed by atoms with Gasteiger partial charge in [0.2, 0.25) is 0 Å². The molecule has 0 amide bonds. The van der Waals surface area contributed by atoms with Crippen molar-refractivity contribution < 1.29 is 0 Å². The minimum Gasteiger partial charge on any atom is -0.330 e. The van der Waals surface area contributed by atoms with Gasteiger partial charge in [0.25, 0.3) is 0 Å². The van der Waals surface area contributed by atoms with Crippen LogP contribution in [0.4, 0.5) is 0 Å². The molecule has 2 unspecified atom stereocenters. The molecule has 4 N–H and O–H groups in total. The Morgan fingerprint density at radius 3 is 2.25 bits per heavy atom. The van der Waals surface area contributed by atoms with Gasteiger partial charge in [-0.05, 0) is 30.2 Å². The molecule has 1 fully saturated rings. The molecule has 72 valence electrons. The second kappa shape index (κ2) is 3.00. The second-order valence-corrected chi connectivity index (χ2v) is 5.18. The third-order valence-electron chi connectivity index (χ3n) is 3.63. The van der Waals surface area contributed by atoms with Crippen molar-refractivity contribution in [2.75, 3.05) is 6.54 Å². The minimum absolute atomic E-state index is 0.168. The number of hydrogen-bond acceptors (Lipinski definition) is 2. The molecule has 0 aromatic rings. The van der Waals surface area contributed by atoms with Crippen molar-refractivity contribution in [3.63, 3.8) is 0 Å². The van der Waals surface area contributed by atoms with E-state index in [0.29, 0.717) is 0 Å². The average molecular weight is 170 g/mol. The van der Waals surface area contributed by atoms with Crippen LogP contribution < -0.4 is 11.5 Å². The predicted molar refractivity (Wildman–Crippen MR) is 52.8 cm³/mol. The smallest absolute Gasteiger partial charge is 0.0157 e. The van der Waals surface area contributed by atoms with Gasteiger partial charge in [0.05, 0.1) is 0 Å². The second-order valence-electron chi connectivity index (χ2n) is 5.18. The first-order valence-corrected chi connectivity index (χ1v) is 4.88. The lowest BCUT2D eigenvalue weighted by Gasteiger charge is -2.48. The molecule has 1 aliphatic carbocycles. The molecule has 0 aromatic carbocycles. The van der Waals surface area contributed by atoms with Crippen LogP contribution in [0.25, 0.3) is 0 Å². The van der Waals surface area contributed by atoms with E-state index in [1.807, 2.05) is 0 Å². The van der Waals surface area contributed by atoms with Gasteiger partial charge in [0.15, 0.2) is 0 Å². The van der Waals surface area contributed by atoms with Crippen molar-refractivity contribution in [3.05, 3.63) is 0 Å². The summed E-state index contributed by atoms with van der Waals surface area (Å²) in [6.45, 7) is 7.45. The van der Waals surface area contributed by atoms with Gasteiger partial charge in [-0.15, -0.1) is 0 Å². The molecule has 0 bridgehead atoms. The normalized spacial score (nSPS) is 41.2. The summed E-state index contributed by atoms with van der Waals surface area (Å²) in [4.78, 5) is 0. The van der Waals surface area contributed by atoms with Crippen molar-refractivity contribution in [1.82, 2.24) is 0 Å². The van der Waals surface area contributed by atoms with E-state index in [1.54, 1.807) is 0 Å². The maximum atomic E-state index is 6.22. The first-order valence-electron chi connectivity index (χ1n) is 4.88. The Kier molecular flexibility index (Phi) is 2.50. The summed E-state index contributed by atoms with van der Waals surface area (Å²) in [7, 11) is 0. The van der Waals surface area contributed by atoms with Gasteiger partial charge in [0.1, 0.15) is 0 Å². The predicted octanol–water partition coefficient (Wildman–Crippen LogP) is 1.49. The van der Waals surface area contributed by atoms with Crippen LogP contribution in [0.2, 0.25) is 0 Å². The zero-order valence-electron chi connectivity index (χ0n) is 8.56. The van der Waals surface area contributed by atoms with Crippen LogP contribution in [-0.2, 0) is 0 Å². The minimum atomic E-state index is 0.168. The van der Waals surface area contributed by atoms with Gasteiger partial charge < -0.3 is 11.5 Å². The standard InChI is InChI=1S/C10H22N2/c1-9(2)5-4-6-10(3,7-11)8(9)12/h8H,4-7,11-12H2,1-3H3. The van der Waals surface area contributed by atoms with Gasteiger partial charge >= 0.3 is 0 Å². The fourth-order valence-electron chi connectivity index (χ4n) is 2.43. The van der Waals surface area contributed by atoms with E-state index in [1.165, 1.54) is 19.3 Å². The van der Waals surface area contributed by atoms with Gasteiger partial charge in [-0.2, -0.15) is 0 Å². The summed E-state index contributed by atoms with van der Waals surface area (Å²) in [5, 5.41) is 0. The molecule has 2 heteroatoms. The highest BCUT2D eigenvalue weighted by Gasteiger charge is 2.43. The molecule has 1 saturated carbocycles. The maximum Gasteiger partial charge on any atom is 0.0157 e. The Morgan fingerprint density at radius 1 is 1.25 bits per heavy atom. The molecule has 0 aliphatic heterocycles. The molecule has 2 atom stereocenters. The van der Waals surface area contributed by atoms with Crippen LogP contribution >= 0.6 is 0 Å². The number of rotatable bonds is 1. The summed E-state index contributed by atoms with van der Waals surface area (Å²) in [6, 6.07) is 0.253. The van der Waals surface area contributed by atoms with E-state index in [2.05, 4.69) is 20.8 Å². The quantitative estimate of drug-likeness (QED) is 0.626. The summed E-state index contributed by atoms with van der Waals surface area (Å²) in [6.07, 6.45) is 3.70. The Labute approximate surface area is 75.7 Å². The Morgan fingerprint density at radius 2 is 1.83 bits per heavy atom. The van der Waals surface area contributed by atoms with E-state index in [9.17, 15) is 0 Å². The third kappa shape index (κ3) is 1.50. The number of nitrogens with two attached hydrogens (primary N) is 2. The highest BCUT2D eigenvalue weighted by atomic mass is 14.8. The van der Waals surface area contributed by atoms with Gasteiger partial charge in [-0.25, -0.2) is 0 Å². The summed E-state index contributed by atoms with van der Waals surface area (Å²) in [5.41, 5.74) is 12.4. The highest BCUT2D eigenvalue weighted by Crippen LogP contribution is 2.44. The maximum absolute atomic E-state index is 6.22. The topological polar surface area (TPSA) is 52.0 Å². The lowest BCUT2D eigenvalue weighted by Crippen LogP contribution is -2.55. The van der Waals surface area contributed by atoms with E-state index in [-0.39, 0.29) is 16.9 Å². The van der Waals surface area contributed by atoms with Gasteiger partial charge in [-0.3, -0.25) is 0 Å². The third-order valence-corrected chi connectivity index (χ3v) is 3.63. The molecule has 1 aliphatic rings. The summed E-state index contributed by atoms with van der Waals surface area (Å²) in [5.74, 6) is 0. The van der Waals surface area contributed by atoms with Crippen LogP contribution in [0.3, 0.4) is 0 Å². The fraction of sp³-hybridized carbons (Fsp3) is 1.00. The lowest BCUT2D eigenvalue weighted by molar-refractivity contribution is 0.0689. The van der Waals surface area contributed by atoms with Gasteiger partial charge in [-0.1, -0.05) is 27.2 Å². The monoisotopic (exact) mass is 170 g/mol. The Balaban J connectivity index is 2.79. The molecule has 2 nitrogen and oxygen atoms in total. The van der Waals surface area contributed by atoms with E-state index in [0.717, 1.165) is 6.54 Å². The fourth-order valence-corrected chi connectivity index (χ4v) is 2.43. The van der Waals surface area contributed by atoms with Gasteiger partial charge in [0, 0.05) is 6.04 Å². The SMILES string of the molecule is CC1(C)CCCC(C)(CN)C1N. The summed E-state index contributed by atoms with van der Waals surface area (Å²) >= 11 is 0. The molecule has 0 heterocycles. The van der Waals surface area contributed by atoms with Crippen molar-refractivity contribution in [3.8, 4) is 0 Å². The van der Waals surface area contributed by atoms with Crippen molar-refractivity contribution >= 4 is 0 Å². The molecule has 0 saturated heterocycles. The Hall–Kier alpha value is -0.0800. The van der Waals surface area contributed by atoms with E-state index >= 15 is 0 Å². The molecule has 0 aromatic heterocycles.